The third-order valence-electron chi connectivity index (χ3n) is 5.37. The number of fused-ring (bicyclic) bond motifs is 1. The Morgan fingerprint density at radius 2 is 2.24 bits per heavy atom. The number of nitrogens with zero attached hydrogens (tertiary/aromatic N) is 4. The highest BCUT2D eigenvalue weighted by atomic mass is 16.5. The smallest absolute Gasteiger partial charge is 0.324 e. The topological polar surface area (TPSA) is 97.3 Å². The fourth-order valence-corrected chi connectivity index (χ4v) is 3.81. The maximum atomic E-state index is 12.7. The number of likely N-dealkylation sites (tertiary alicyclic amines) is 1. The van der Waals surface area contributed by atoms with Crippen LogP contribution in [0.2, 0.25) is 0 Å². The van der Waals surface area contributed by atoms with Crippen LogP contribution in [0.15, 0.2) is 24.5 Å². The van der Waals surface area contributed by atoms with Crippen molar-refractivity contribution >= 4 is 23.0 Å². The van der Waals surface area contributed by atoms with E-state index in [4.69, 9.17) is 9.47 Å². The molecular formula is C20H26N6O3. The first-order chi connectivity index (χ1) is 14.1. The van der Waals surface area contributed by atoms with Crippen LogP contribution in [0, 0.1) is 5.92 Å². The van der Waals surface area contributed by atoms with Gasteiger partial charge in [-0.2, -0.15) is 5.10 Å². The molecule has 2 aromatic heterocycles. The zero-order valence-electron chi connectivity index (χ0n) is 16.9. The first kappa shape index (κ1) is 19.3. The van der Waals surface area contributed by atoms with E-state index in [1.165, 1.54) is 0 Å². The molecule has 0 bridgehead atoms. The van der Waals surface area contributed by atoms with Crippen LogP contribution < -0.4 is 10.1 Å². The molecule has 0 unspecified atom stereocenters. The van der Waals surface area contributed by atoms with Crippen LogP contribution in [0.5, 0.6) is 5.75 Å². The molecule has 154 valence electrons. The van der Waals surface area contributed by atoms with Gasteiger partial charge in [-0.3, -0.25) is 10.00 Å². The summed E-state index contributed by atoms with van der Waals surface area (Å²) in [5.41, 5.74) is 3.34. The summed E-state index contributed by atoms with van der Waals surface area (Å²) in [7, 11) is 5.19. The van der Waals surface area contributed by atoms with Gasteiger partial charge in [-0.05, 0) is 30.9 Å². The lowest BCUT2D eigenvalue weighted by Gasteiger charge is -2.16. The molecule has 0 radical (unpaired) electrons. The first-order valence-corrected chi connectivity index (χ1v) is 9.69. The van der Waals surface area contributed by atoms with Crippen molar-refractivity contribution in [3.8, 4) is 16.9 Å². The summed E-state index contributed by atoms with van der Waals surface area (Å²) in [5.74, 6) is 1.55. The van der Waals surface area contributed by atoms with Gasteiger partial charge in [-0.25, -0.2) is 9.78 Å². The van der Waals surface area contributed by atoms with Crippen molar-refractivity contribution in [2.45, 2.75) is 12.8 Å². The number of anilines is 1. The highest BCUT2D eigenvalue weighted by Crippen LogP contribution is 2.33. The van der Waals surface area contributed by atoms with Crippen LogP contribution in [-0.2, 0) is 11.8 Å². The fraction of sp³-hybridized carbons (Fsp3) is 0.450. The van der Waals surface area contributed by atoms with E-state index in [1.807, 2.05) is 30.3 Å². The van der Waals surface area contributed by atoms with E-state index in [0.29, 0.717) is 17.6 Å². The Kier molecular flexibility index (Phi) is 5.39. The molecule has 1 atom stereocenters. The third-order valence-corrected chi connectivity index (χ3v) is 5.37. The molecule has 1 fully saturated rings. The van der Waals surface area contributed by atoms with Gasteiger partial charge in [0, 0.05) is 51.2 Å². The summed E-state index contributed by atoms with van der Waals surface area (Å²) in [4.78, 5) is 22.4. The van der Waals surface area contributed by atoms with Crippen LogP contribution in [0.3, 0.4) is 0 Å². The monoisotopic (exact) mass is 398 g/mol. The highest BCUT2D eigenvalue weighted by molar-refractivity contribution is 5.98. The highest BCUT2D eigenvalue weighted by Gasteiger charge is 2.26. The number of ether oxygens (including phenoxy) is 2. The maximum absolute atomic E-state index is 12.7. The predicted octanol–water partition coefficient (Wildman–Crippen LogP) is 2.86. The summed E-state index contributed by atoms with van der Waals surface area (Å²) < 4.78 is 12.4. The fourth-order valence-electron chi connectivity index (χ4n) is 3.81. The van der Waals surface area contributed by atoms with Gasteiger partial charge >= 0.3 is 6.03 Å². The molecule has 0 aliphatic carbocycles. The number of urea groups is 1. The van der Waals surface area contributed by atoms with Crippen molar-refractivity contribution < 1.29 is 14.3 Å². The van der Waals surface area contributed by atoms with E-state index >= 15 is 0 Å². The normalized spacial score (nSPS) is 16.5. The van der Waals surface area contributed by atoms with E-state index in [-0.39, 0.29) is 6.03 Å². The second-order valence-corrected chi connectivity index (χ2v) is 7.34. The Hall–Kier alpha value is -3.07. The van der Waals surface area contributed by atoms with Gasteiger partial charge in [0.15, 0.2) is 0 Å². The largest absolute Gasteiger partial charge is 0.494 e. The van der Waals surface area contributed by atoms with Gasteiger partial charge in [0.25, 0.3) is 0 Å². The van der Waals surface area contributed by atoms with Gasteiger partial charge in [-0.15, -0.1) is 0 Å². The number of nitrogens with one attached hydrogen (secondary N) is 2. The molecule has 1 aliphatic heterocycles. The van der Waals surface area contributed by atoms with E-state index in [1.54, 1.807) is 25.1 Å². The molecule has 29 heavy (non-hydrogen) atoms. The van der Waals surface area contributed by atoms with Crippen LogP contribution >= 0.6 is 0 Å². The minimum atomic E-state index is -0.147. The number of rotatable bonds is 6. The second kappa shape index (κ2) is 8.12. The molecule has 0 spiro atoms. The molecule has 2 N–H and O–H groups in total. The number of aromatic amines is 1. The van der Waals surface area contributed by atoms with Gasteiger partial charge in [0.05, 0.1) is 13.3 Å². The molecule has 3 aromatic rings. The lowest BCUT2D eigenvalue weighted by molar-refractivity contribution is 0.177. The third kappa shape index (κ3) is 3.91. The summed E-state index contributed by atoms with van der Waals surface area (Å²) in [6.45, 7) is 2.20. The minimum absolute atomic E-state index is 0.147. The number of aromatic nitrogens is 4. The Bertz CT molecular complexity index is 1010. The lowest BCUT2D eigenvalue weighted by Crippen LogP contribution is -2.33. The standard InChI is InChI=1S/C20H26N6O3/c1-25-12-14(10-21-25)15-4-5-16(29-3)18-17(15)22-19(23-18)24-20(27)26-8-6-13(11-26)7-9-28-2/h4-5,10,12-13H,6-9,11H2,1-3H3,(H2,22,23,24,27)/t13-/m0/s1. The molecular weight excluding hydrogens is 372 g/mol. The Balaban J connectivity index is 1.56. The molecule has 2 amide bonds. The lowest BCUT2D eigenvalue weighted by atomic mass is 10.1. The summed E-state index contributed by atoms with van der Waals surface area (Å²) >= 11 is 0. The maximum Gasteiger partial charge on any atom is 0.324 e. The number of carbonyl (C=O) groups excluding carboxylic acids is 1. The molecule has 1 saturated heterocycles. The van der Waals surface area contributed by atoms with Crippen molar-refractivity contribution in [1.29, 1.82) is 0 Å². The molecule has 1 aliphatic rings. The SMILES string of the molecule is COCC[C@@H]1CCN(C(=O)Nc2nc3c(-c4cnn(C)c4)ccc(OC)c3[nH]2)C1. The number of hydrogen-bond acceptors (Lipinski definition) is 5. The average molecular weight is 398 g/mol. The molecule has 1 aromatic carbocycles. The number of aryl methyl sites for hydroxylation is 1. The average Bonchev–Trinajstić information content (AvgIpc) is 3.44. The van der Waals surface area contributed by atoms with Crippen LogP contribution in [0.25, 0.3) is 22.2 Å². The Morgan fingerprint density at radius 1 is 1.38 bits per heavy atom. The number of amides is 2. The number of benzene rings is 1. The zero-order chi connectivity index (χ0) is 20.4. The first-order valence-electron chi connectivity index (χ1n) is 9.69. The number of H-pyrrole nitrogens is 1. The van der Waals surface area contributed by atoms with E-state index in [2.05, 4.69) is 20.4 Å². The molecule has 9 heteroatoms. The molecule has 0 saturated carbocycles. The number of imidazole rings is 1. The summed E-state index contributed by atoms with van der Waals surface area (Å²) in [5, 5.41) is 7.14. The number of hydrogen-bond donors (Lipinski definition) is 2. The van der Waals surface area contributed by atoms with Crippen molar-refractivity contribution in [2.24, 2.45) is 13.0 Å². The van der Waals surface area contributed by atoms with Gasteiger partial charge in [0.2, 0.25) is 5.95 Å². The van der Waals surface area contributed by atoms with E-state index in [0.717, 1.165) is 54.7 Å². The molecule has 4 rings (SSSR count). The Morgan fingerprint density at radius 3 is 2.97 bits per heavy atom. The van der Waals surface area contributed by atoms with Crippen molar-refractivity contribution in [1.82, 2.24) is 24.6 Å². The second-order valence-electron chi connectivity index (χ2n) is 7.34. The summed E-state index contributed by atoms with van der Waals surface area (Å²) in [6.07, 6.45) is 5.68. The van der Waals surface area contributed by atoms with Crippen LogP contribution in [0.4, 0.5) is 10.7 Å². The molecule has 9 nitrogen and oxygen atoms in total. The minimum Gasteiger partial charge on any atom is -0.494 e. The summed E-state index contributed by atoms with van der Waals surface area (Å²) in [6, 6.07) is 3.69. The van der Waals surface area contributed by atoms with Crippen LogP contribution in [0.1, 0.15) is 12.8 Å². The van der Waals surface area contributed by atoms with Crippen molar-refractivity contribution in [3.63, 3.8) is 0 Å². The van der Waals surface area contributed by atoms with Crippen LogP contribution in [-0.4, -0.2) is 64.6 Å². The Labute approximate surface area is 169 Å². The number of methoxy groups -OCH3 is 2. The molecule has 3 heterocycles. The van der Waals surface area contributed by atoms with E-state index in [9.17, 15) is 4.79 Å². The van der Waals surface area contributed by atoms with Crippen molar-refractivity contribution in [2.75, 3.05) is 39.2 Å². The van der Waals surface area contributed by atoms with E-state index < -0.39 is 0 Å². The quantitative estimate of drug-likeness (QED) is 0.665. The van der Waals surface area contributed by atoms with Gasteiger partial charge < -0.3 is 19.4 Å². The van der Waals surface area contributed by atoms with Crippen molar-refractivity contribution in [3.05, 3.63) is 24.5 Å². The van der Waals surface area contributed by atoms with Gasteiger partial charge in [0.1, 0.15) is 16.8 Å². The number of carbonyl (C=O) groups is 1. The zero-order valence-corrected chi connectivity index (χ0v) is 16.9. The van der Waals surface area contributed by atoms with Gasteiger partial charge in [-0.1, -0.05) is 0 Å². The predicted molar refractivity (Wildman–Crippen MR) is 110 cm³/mol.